The third-order valence-corrected chi connectivity index (χ3v) is 6.02. The molecular weight excluding hydrogens is 470 g/mol. The standard InChI is InChI=1S/C23H21Cl2FN4O3/c1-13(20-16(24)6-7-17(26)21(20)25)33-19-12-18(28-29-22(19)27)14-2-4-15(5-3-14)23(31)30-8-10-32-11-9-30/h2-7,12-13H,8-11H2,1H3,(H2,27,29)/t13-/m1/s1. The Balaban J connectivity index is 1.55. The summed E-state index contributed by atoms with van der Waals surface area (Å²) in [5.74, 6) is -0.333. The van der Waals surface area contributed by atoms with Gasteiger partial charge in [-0.05, 0) is 31.2 Å². The van der Waals surface area contributed by atoms with Gasteiger partial charge in [0.1, 0.15) is 11.9 Å². The van der Waals surface area contributed by atoms with Crippen LogP contribution < -0.4 is 10.5 Å². The number of nitrogens with zero attached hydrogens (tertiary/aromatic N) is 3. The highest BCUT2D eigenvalue weighted by molar-refractivity contribution is 6.36. The Labute approximate surface area is 200 Å². The lowest BCUT2D eigenvalue weighted by molar-refractivity contribution is 0.0303. The number of carbonyl (C=O) groups excluding carboxylic acids is 1. The Kier molecular flexibility index (Phi) is 6.97. The molecule has 0 aliphatic carbocycles. The fraction of sp³-hybridized carbons (Fsp3) is 0.261. The van der Waals surface area contributed by atoms with Crippen molar-refractivity contribution >= 4 is 34.9 Å². The van der Waals surface area contributed by atoms with Crippen LogP contribution in [-0.4, -0.2) is 47.3 Å². The molecule has 0 radical (unpaired) electrons. The first-order valence-corrected chi connectivity index (χ1v) is 11.0. The summed E-state index contributed by atoms with van der Waals surface area (Å²) >= 11 is 12.3. The van der Waals surface area contributed by atoms with E-state index in [9.17, 15) is 9.18 Å². The van der Waals surface area contributed by atoms with E-state index in [-0.39, 0.29) is 27.5 Å². The van der Waals surface area contributed by atoms with Crippen molar-refractivity contribution in [2.24, 2.45) is 0 Å². The Morgan fingerprint density at radius 1 is 1.15 bits per heavy atom. The van der Waals surface area contributed by atoms with Crippen molar-refractivity contribution in [2.75, 3.05) is 32.0 Å². The molecule has 4 rings (SSSR count). The number of halogens is 3. The predicted octanol–water partition coefficient (Wildman–Crippen LogP) is 4.78. The van der Waals surface area contributed by atoms with Gasteiger partial charge in [0.2, 0.25) is 0 Å². The number of rotatable bonds is 5. The van der Waals surface area contributed by atoms with Gasteiger partial charge in [-0.25, -0.2) is 4.39 Å². The van der Waals surface area contributed by atoms with Crippen LogP contribution in [0, 0.1) is 5.82 Å². The number of ether oxygens (including phenoxy) is 2. The van der Waals surface area contributed by atoms with Crippen LogP contribution >= 0.6 is 23.2 Å². The lowest BCUT2D eigenvalue weighted by Gasteiger charge is -2.26. The van der Waals surface area contributed by atoms with Gasteiger partial charge < -0.3 is 20.1 Å². The van der Waals surface area contributed by atoms with Crippen LogP contribution in [0.5, 0.6) is 5.75 Å². The summed E-state index contributed by atoms with van der Waals surface area (Å²) < 4.78 is 25.1. The maximum Gasteiger partial charge on any atom is 0.254 e. The smallest absolute Gasteiger partial charge is 0.254 e. The largest absolute Gasteiger partial charge is 0.482 e. The van der Waals surface area contributed by atoms with Crippen LogP contribution in [0.15, 0.2) is 42.5 Å². The number of carbonyl (C=O) groups is 1. The minimum absolute atomic E-state index is 0.0464. The minimum Gasteiger partial charge on any atom is -0.482 e. The zero-order valence-electron chi connectivity index (χ0n) is 17.7. The SMILES string of the molecule is C[C@@H](Oc1cc(-c2ccc(C(=O)N3CCOCC3)cc2)nnc1N)c1c(Cl)ccc(F)c1Cl. The molecule has 1 amide bonds. The number of amides is 1. The van der Waals surface area contributed by atoms with Crippen molar-refractivity contribution in [1.29, 1.82) is 0 Å². The topological polar surface area (TPSA) is 90.6 Å². The van der Waals surface area contributed by atoms with E-state index in [0.717, 1.165) is 5.56 Å². The molecular formula is C23H21Cl2FN4O3. The second kappa shape index (κ2) is 9.91. The van der Waals surface area contributed by atoms with Crippen molar-refractivity contribution in [3.8, 4) is 17.0 Å². The molecule has 2 N–H and O–H groups in total. The molecule has 1 aliphatic heterocycles. The highest BCUT2D eigenvalue weighted by atomic mass is 35.5. The lowest BCUT2D eigenvalue weighted by Crippen LogP contribution is -2.40. The molecule has 172 valence electrons. The quantitative estimate of drug-likeness (QED) is 0.517. The number of aromatic nitrogens is 2. The maximum absolute atomic E-state index is 13.9. The Hall–Kier alpha value is -2.94. The van der Waals surface area contributed by atoms with Gasteiger partial charge in [-0.2, -0.15) is 0 Å². The molecule has 0 unspecified atom stereocenters. The third-order valence-electron chi connectivity index (χ3n) is 5.30. The van der Waals surface area contributed by atoms with Gasteiger partial charge in [-0.1, -0.05) is 35.3 Å². The lowest BCUT2D eigenvalue weighted by atomic mass is 10.1. The van der Waals surface area contributed by atoms with E-state index in [1.165, 1.54) is 12.1 Å². The molecule has 33 heavy (non-hydrogen) atoms. The molecule has 7 nitrogen and oxygen atoms in total. The molecule has 3 aromatic rings. The van der Waals surface area contributed by atoms with E-state index in [0.29, 0.717) is 43.1 Å². The van der Waals surface area contributed by atoms with Gasteiger partial charge in [0, 0.05) is 40.9 Å². The van der Waals surface area contributed by atoms with Crippen LogP contribution in [0.3, 0.4) is 0 Å². The first-order chi connectivity index (χ1) is 15.8. The number of hydrogen-bond acceptors (Lipinski definition) is 6. The van der Waals surface area contributed by atoms with E-state index in [1.54, 1.807) is 42.2 Å². The van der Waals surface area contributed by atoms with Gasteiger partial charge in [0.15, 0.2) is 11.6 Å². The second-order valence-electron chi connectivity index (χ2n) is 7.48. The van der Waals surface area contributed by atoms with Crippen molar-refractivity contribution in [2.45, 2.75) is 13.0 Å². The first kappa shape index (κ1) is 23.2. The average Bonchev–Trinajstić information content (AvgIpc) is 2.83. The van der Waals surface area contributed by atoms with Crippen molar-refractivity contribution in [3.05, 3.63) is 69.5 Å². The Morgan fingerprint density at radius 2 is 1.85 bits per heavy atom. The van der Waals surface area contributed by atoms with E-state index in [2.05, 4.69) is 10.2 Å². The van der Waals surface area contributed by atoms with Crippen molar-refractivity contribution in [3.63, 3.8) is 0 Å². The zero-order valence-corrected chi connectivity index (χ0v) is 19.2. The molecule has 2 heterocycles. The Bertz CT molecular complexity index is 1170. The number of morpholine rings is 1. The molecule has 1 fully saturated rings. The summed E-state index contributed by atoms with van der Waals surface area (Å²) in [6, 6.07) is 11.3. The summed E-state index contributed by atoms with van der Waals surface area (Å²) in [6.07, 6.45) is -0.700. The van der Waals surface area contributed by atoms with Gasteiger partial charge in [-0.3, -0.25) is 4.79 Å². The van der Waals surface area contributed by atoms with E-state index < -0.39 is 11.9 Å². The van der Waals surface area contributed by atoms with Gasteiger partial charge in [-0.15, -0.1) is 10.2 Å². The normalized spacial score (nSPS) is 14.7. The number of hydrogen-bond donors (Lipinski definition) is 1. The molecule has 1 atom stereocenters. The van der Waals surface area contributed by atoms with E-state index in [1.807, 2.05) is 0 Å². The van der Waals surface area contributed by atoms with E-state index >= 15 is 0 Å². The fourth-order valence-corrected chi connectivity index (χ4v) is 4.19. The van der Waals surface area contributed by atoms with Crippen molar-refractivity contribution in [1.82, 2.24) is 15.1 Å². The summed E-state index contributed by atoms with van der Waals surface area (Å²) in [4.78, 5) is 14.4. The molecule has 10 heteroatoms. The zero-order chi connectivity index (χ0) is 23.5. The molecule has 0 saturated carbocycles. The fourth-order valence-electron chi connectivity index (χ4n) is 3.52. The molecule has 0 bridgehead atoms. The molecule has 1 saturated heterocycles. The Morgan fingerprint density at radius 3 is 2.55 bits per heavy atom. The summed E-state index contributed by atoms with van der Waals surface area (Å²) in [7, 11) is 0. The highest BCUT2D eigenvalue weighted by Gasteiger charge is 2.21. The van der Waals surface area contributed by atoms with Crippen molar-refractivity contribution < 1.29 is 18.7 Å². The monoisotopic (exact) mass is 490 g/mol. The van der Waals surface area contributed by atoms with Gasteiger partial charge >= 0.3 is 0 Å². The van der Waals surface area contributed by atoms with Crippen LogP contribution in [-0.2, 0) is 4.74 Å². The molecule has 1 aromatic heterocycles. The number of anilines is 1. The first-order valence-electron chi connectivity index (χ1n) is 10.3. The number of nitrogen functional groups attached to an aromatic ring is 1. The van der Waals surface area contributed by atoms with Gasteiger partial charge in [0.05, 0.1) is 23.9 Å². The van der Waals surface area contributed by atoms with Crippen LogP contribution in [0.4, 0.5) is 10.2 Å². The maximum atomic E-state index is 13.9. The van der Waals surface area contributed by atoms with Gasteiger partial charge in [0.25, 0.3) is 5.91 Å². The van der Waals surface area contributed by atoms with Crippen LogP contribution in [0.2, 0.25) is 10.0 Å². The average molecular weight is 491 g/mol. The number of benzene rings is 2. The minimum atomic E-state index is -0.700. The summed E-state index contributed by atoms with van der Waals surface area (Å²) in [6.45, 7) is 3.90. The molecule has 2 aromatic carbocycles. The number of nitrogens with two attached hydrogens (primary N) is 1. The molecule has 0 spiro atoms. The second-order valence-corrected chi connectivity index (χ2v) is 8.26. The predicted molar refractivity (Wildman–Crippen MR) is 124 cm³/mol. The third kappa shape index (κ3) is 5.03. The highest BCUT2D eigenvalue weighted by Crippen LogP contribution is 2.36. The van der Waals surface area contributed by atoms with Crippen LogP contribution in [0.1, 0.15) is 28.9 Å². The molecule has 1 aliphatic rings. The summed E-state index contributed by atoms with van der Waals surface area (Å²) in [5, 5.41) is 8.25. The van der Waals surface area contributed by atoms with Crippen LogP contribution in [0.25, 0.3) is 11.3 Å². The van der Waals surface area contributed by atoms with E-state index in [4.69, 9.17) is 38.4 Å². The summed E-state index contributed by atoms with van der Waals surface area (Å²) in [5.41, 5.74) is 8.04.